The van der Waals surface area contributed by atoms with Gasteiger partial charge in [0, 0.05) is 5.02 Å². The monoisotopic (exact) mass is 317 g/mol. The summed E-state index contributed by atoms with van der Waals surface area (Å²) >= 11 is 5.87. The van der Waals surface area contributed by atoms with Crippen LogP contribution in [0.5, 0.6) is 11.5 Å². The zero-order chi connectivity index (χ0) is 15.5. The van der Waals surface area contributed by atoms with Crippen LogP contribution in [0.2, 0.25) is 5.02 Å². The Balaban J connectivity index is 1.64. The number of carbonyl (C=O) groups excluding carboxylic acids is 1. The van der Waals surface area contributed by atoms with Crippen LogP contribution in [-0.4, -0.2) is 18.6 Å². The van der Waals surface area contributed by atoms with Crippen molar-refractivity contribution in [2.24, 2.45) is 0 Å². The number of carbonyl (C=O) groups is 1. The number of hydrogen-bond acceptors (Lipinski definition) is 3. The number of ether oxygens (including phenoxy) is 2. The van der Waals surface area contributed by atoms with Crippen LogP contribution in [0.3, 0.4) is 0 Å². The Labute approximate surface area is 134 Å². The van der Waals surface area contributed by atoms with E-state index in [1.165, 1.54) is 0 Å². The van der Waals surface area contributed by atoms with E-state index in [0.717, 1.165) is 5.56 Å². The fraction of sp³-hybridized carbons (Fsp3) is 0.235. The van der Waals surface area contributed by atoms with E-state index in [-0.39, 0.29) is 18.6 Å². The molecule has 114 valence electrons. The zero-order valence-electron chi connectivity index (χ0n) is 12.1. The van der Waals surface area contributed by atoms with Crippen molar-refractivity contribution in [3.63, 3.8) is 0 Å². The van der Waals surface area contributed by atoms with E-state index in [4.69, 9.17) is 21.1 Å². The highest BCUT2D eigenvalue weighted by atomic mass is 35.5. The zero-order valence-corrected chi connectivity index (χ0v) is 12.8. The summed E-state index contributed by atoms with van der Waals surface area (Å²) in [6.45, 7) is 2.12. The molecule has 2 aromatic rings. The predicted molar refractivity (Wildman–Crippen MR) is 84.4 cm³/mol. The average Bonchev–Trinajstić information content (AvgIpc) is 2.55. The Morgan fingerprint density at radius 2 is 1.86 bits per heavy atom. The van der Waals surface area contributed by atoms with Gasteiger partial charge in [0.25, 0.3) is 5.91 Å². The van der Waals surface area contributed by atoms with Gasteiger partial charge in [-0.25, -0.2) is 0 Å². The minimum atomic E-state index is -0.648. The molecule has 0 unspecified atom stereocenters. The molecule has 1 aliphatic heterocycles. The number of benzene rings is 2. The largest absolute Gasteiger partial charge is 0.485 e. The molecule has 1 N–H and O–H groups in total. The molecule has 5 heteroatoms. The second kappa shape index (κ2) is 6.28. The Kier molecular flexibility index (Phi) is 4.20. The molecule has 0 saturated heterocycles. The second-order valence-corrected chi connectivity index (χ2v) is 5.58. The first kappa shape index (κ1) is 14.7. The highest BCUT2D eigenvalue weighted by Crippen LogP contribution is 2.31. The third-order valence-electron chi connectivity index (χ3n) is 3.53. The molecule has 0 spiro atoms. The first-order chi connectivity index (χ1) is 10.6. The first-order valence-electron chi connectivity index (χ1n) is 7.08. The van der Waals surface area contributed by atoms with Crippen molar-refractivity contribution < 1.29 is 14.3 Å². The summed E-state index contributed by atoms with van der Waals surface area (Å²) < 4.78 is 11.2. The molecule has 4 nitrogen and oxygen atoms in total. The van der Waals surface area contributed by atoms with Crippen LogP contribution >= 0.6 is 11.6 Å². The number of rotatable bonds is 3. The predicted octanol–water partition coefficient (Wildman–Crippen LogP) is 3.36. The maximum Gasteiger partial charge on any atom is 0.265 e. The van der Waals surface area contributed by atoms with Crippen LogP contribution in [0.4, 0.5) is 0 Å². The van der Waals surface area contributed by atoms with Gasteiger partial charge in [-0.05, 0) is 36.8 Å². The minimum absolute atomic E-state index is 0.134. The van der Waals surface area contributed by atoms with Gasteiger partial charge in [0.05, 0.1) is 6.04 Å². The van der Waals surface area contributed by atoms with E-state index in [1.54, 1.807) is 18.2 Å². The molecule has 0 bridgehead atoms. The van der Waals surface area contributed by atoms with Crippen molar-refractivity contribution in [3.8, 4) is 11.5 Å². The number of amides is 1. The van der Waals surface area contributed by atoms with Crippen LogP contribution < -0.4 is 14.8 Å². The third kappa shape index (κ3) is 3.17. The van der Waals surface area contributed by atoms with Gasteiger partial charge in [0.1, 0.15) is 6.61 Å². The second-order valence-electron chi connectivity index (χ2n) is 5.15. The van der Waals surface area contributed by atoms with Crippen LogP contribution in [0.1, 0.15) is 18.5 Å². The van der Waals surface area contributed by atoms with E-state index >= 15 is 0 Å². The lowest BCUT2D eigenvalue weighted by Gasteiger charge is -2.26. The fourth-order valence-corrected chi connectivity index (χ4v) is 2.42. The van der Waals surface area contributed by atoms with E-state index in [9.17, 15) is 4.79 Å². The molecule has 1 heterocycles. The molecule has 0 aromatic heterocycles. The highest BCUT2D eigenvalue weighted by molar-refractivity contribution is 6.30. The smallest absolute Gasteiger partial charge is 0.265 e. The molecule has 2 atom stereocenters. The average molecular weight is 318 g/mol. The van der Waals surface area contributed by atoms with E-state index in [1.807, 2.05) is 37.3 Å². The van der Waals surface area contributed by atoms with Gasteiger partial charge in [0.15, 0.2) is 11.5 Å². The molecule has 3 rings (SSSR count). The Morgan fingerprint density at radius 3 is 2.59 bits per heavy atom. The third-order valence-corrected chi connectivity index (χ3v) is 3.78. The lowest BCUT2D eigenvalue weighted by atomic mass is 10.1. The summed E-state index contributed by atoms with van der Waals surface area (Å²) in [6.07, 6.45) is -0.648. The fourth-order valence-electron chi connectivity index (χ4n) is 2.29. The molecule has 2 aromatic carbocycles. The summed E-state index contributed by atoms with van der Waals surface area (Å²) in [4.78, 5) is 12.3. The molecule has 0 radical (unpaired) electrons. The van der Waals surface area contributed by atoms with Crippen molar-refractivity contribution >= 4 is 17.5 Å². The number of para-hydroxylation sites is 2. The van der Waals surface area contributed by atoms with Gasteiger partial charge in [-0.2, -0.15) is 0 Å². The molecule has 0 aliphatic carbocycles. The van der Waals surface area contributed by atoms with Gasteiger partial charge in [-0.15, -0.1) is 0 Å². The van der Waals surface area contributed by atoms with Gasteiger partial charge in [-0.3, -0.25) is 4.79 Å². The summed E-state index contributed by atoms with van der Waals surface area (Å²) in [5.74, 6) is 1.06. The van der Waals surface area contributed by atoms with E-state index in [0.29, 0.717) is 16.5 Å². The van der Waals surface area contributed by atoms with Crippen LogP contribution in [0.15, 0.2) is 48.5 Å². The minimum Gasteiger partial charge on any atom is -0.485 e. The maximum absolute atomic E-state index is 12.3. The quantitative estimate of drug-likeness (QED) is 0.944. The normalized spacial score (nSPS) is 17.6. The maximum atomic E-state index is 12.3. The Bertz CT molecular complexity index is 672. The Morgan fingerprint density at radius 1 is 1.18 bits per heavy atom. The topological polar surface area (TPSA) is 47.6 Å². The lowest BCUT2D eigenvalue weighted by Crippen LogP contribution is -2.44. The number of hydrogen-bond donors (Lipinski definition) is 1. The summed E-state index contributed by atoms with van der Waals surface area (Å²) in [5, 5.41) is 3.60. The van der Waals surface area contributed by atoms with Gasteiger partial charge >= 0.3 is 0 Å². The van der Waals surface area contributed by atoms with Crippen molar-refractivity contribution in [2.75, 3.05) is 6.61 Å². The summed E-state index contributed by atoms with van der Waals surface area (Å²) in [6, 6.07) is 14.6. The number of nitrogens with one attached hydrogen (secondary N) is 1. The van der Waals surface area contributed by atoms with Gasteiger partial charge in [-0.1, -0.05) is 35.9 Å². The summed E-state index contributed by atoms with van der Waals surface area (Å²) in [7, 11) is 0. The molecule has 1 aliphatic rings. The van der Waals surface area contributed by atoms with E-state index in [2.05, 4.69) is 5.32 Å². The molecular formula is C17H16ClNO3. The van der Waals surface area contributed by atoms with Crippen molar-refractivity contribution in [2.45, 2.75) is 19.1 Å². The number of halogens is 1. The SMILES string of the molecule is C[C@H](NC(=O)[C@H]1COc2ccccc2O1)c1ccc(Cl)cc1. The van der Waals surface area contributed by atoms with Gasteiger partial charge < -0.3 is 14.8 Å². The van der Waals surface area contributed by atoms with Crippen LogP contribution in [0.25, 0.3) is 0 Å². The molecule has 0 fully saturated rings. The summed E-state index contributed by atoms with van der Waals surface area (Å²) in [5.41, 5.74) is 0.981. The van der Waals surface area contributed by atoms with Crippen molar-refractivity contribution in [3.05, 3.63) is 59.1 Å². The molecule has 1 amide bonds. The van der Waals surface area contributed by atoms with E-state index < -0.39 is 6.10 Å². The Hall–Kier alpha value is -2.20. The van der Waals surface area contributed by atoms with Crippen molar-refractivity contribution in [1.82, 2.24) is 5.32 Å². The molecule has 0 saturated carbocycles. The number of fused-ring (bicyclic) bond motifs is 1. The van der Waals surface area contributed by atoms with Crippen LogP contribution in [0, 0.1) is 0 Å². The molecular weight excluding hydrogens is 302 g/mol. The van der Waals surface area contributed by atoms with Gasteiger partial charge in [0.2, 0.25) is 6.10 Å². The highest BCUT2D eigenvalue weighted by Gasteiger charge is 2.28. The molecule has 22 heavy (non-hydrogen) atoms. The van der Waals surface area contributed by atoms with Crippen molar-refractivity contribution in [1.29, 1.82) is 0 Å². The standard InChI is InChI=1S/C17H16ClNO3/c1-11(12-6-8-13(18)9-7-12)19-17(20)16-10-21-14-4-2-3-5-15(14)22-16/h2-9,11,16H,10H2,1H3,(H,19,20)/t11-,16+/m0/s1. The lowest BCUT2D eigenvalue weighted by molar-refractivity contribution is -0.131. The van der Waals surface area contributed by atoms with Crippen LogP contribution in [-0.2, 0) is 4.79 Å². The first-order valence-corrected chi connectivity index (χ1v) is 7.45.